The summed E-state index contributed by atoms with van der Waals surface area (Å²) in [7, 11) is 1.34. The number of carbonyl (C=O) groups is 1. The van der Waals surface area contributed by atoms with Crippen LogP contribution in [-0.2, 0) is 4.74 Å². The highest BCUT2D eigenvalue weighted by atomic mass is 19.1. The molecule has 0 saturated heterocycles. The van der Waals surface area contributed by atoms with E-state index < -0.39 is 5.97 Å². The van der Waals surface area contributed by atoms with Gasteiger partial charge in [0.2, 0.25) is 0 Å². The molecule has 5 heteroatoms. The molecule has 36 heavy (non-hydrogen) atoms. The summed E-state index contributed by atoms with van der Waals surface area (Å²) in [5.74, 6) is -0.270. The first-order valence-corrected chi connectivity index (χ1v) is 12.3. The molecule has 0 aromatic heterocycles. The van der Waals surface area contributed by atoms with E-state index in [4.69, 9.17) is 9.47 Å². The lowest BCUT2D eigenvalue weighted by molar-refractivity contribution is 0.0599. The summed E-state index contributed by atoms with van der Waals surface area (Å²) in [5, 5.41) is 6.08. The highest BCUT2D eigenvalue weighted by Gasteiger charge is 2.33. The highest BCUT2D eigenvalue weighted by Crippen LogP contribution is 2.43. The Hall–Kier alpha value is -3.70. The minimum Gasteiger partial charge on any atom is -0.489 e. The van der Waals surface area contributed by atoms with E-state index in [1.165, 1.54) is 35.6 Å². The monoisotopic (exact) mass is 483 g/mol. The number of esters is 1. The van der Waals surface area contributed by atoms with Crippen molar-refractivity contribution in [1.29, 1.82) is 0 Å². The first-order chi connectivity index (χ1) is 17.5. The van der Waals surface area contributed by atoms with Gasteiger partial charge in [0.1, 0.15) is 17.7 Å². The lowest BCUT2D eigenvalue weighted by atomic mass is 9.81. The molecule has 4 nitrogen and oxygen atoms in total. The van der Waals surface area contributed by atoms with Gasteiger partial charge < -0.3 is 14.8 Å². The van der Waals surface area contributed by atoms with Gasteiger partial charge in [-0.3, -0.25) is 0 Å². The molecule has 0 radical (unpaired) electrons. The predicted octanol–water partition coefficient (Wildman–Crippen LogP) is 6.71. The number of para-hydroxylation sites is 1. The molecule has 5 rings (SSSR count). The third kappa shape index (κ3) is 4.47. The molecule has 1 heterocycles. The molecule has 0 amide bonds. The van der Waals surface area contributed by atoms with Crippen molar-refractivity contribution in [3.05, 3.63) is 112 Å². The number of benzene rings is 4. The van der Waals surface area contributed by atoms with Gasteiger partial charge in [-0.2, -0.15) is 0 Å². The topological polar surface area (TPSA) is 47.6 Å². The van der Waals surface area contributed by atoms with Crippen LogP contribution in [0.1, 0.15) is 57.9 Å². The maximum absolute atomic E-state index is 15.3. The second-order valence-electron chi connectivity index (χ2n) is 9.39. The maximum Gasteiger partial charge on any atom is 0.338 e. The van der Waals surface area contributed by atoms with Crippen LogP contribution in [0, 0.1) is 12.7 Å². The molecule has 1 aliphatic rings. The molecule has 0 spiro atoms. The Labute approximate surface area is 211 Å². The van der Waals surface area contributed by atoms with Crippen molar-refractivity contribution in [2.24, 2.45) is 0 Å². The van der Waals surface area contributed by atoms with E-state index in [2.05, 4.69) is 48.6 Å². The fourth-order valence-corrected chi connectivity index (χ4v) is 5.39. The first-order valence-electron chi connectivity index (χ1n) is 12.3. The number of fused-ring (bicyclic) bond motifs is 2. The van der Waals surface area contributed by atoms with Crippen LogP contribution in [0.15, 0.2) is 78.9 Å². The number of methoxy groups -OCH3 is 1. The van der Waals surface area contributed by atoms with E-state index in [0.29, 0.717) is 29.7 Å². The lowest BCUT2D eigenvalue weighted by Gasteiger charge is -2.34. The van der Waals surface area contributed by atoms with Gasteiger partial charge in [-0.15, -0.1) is 0 Å². The van der Waals surface area contributed by atoms with Crippen LogP contribution in [0.2, 0.25) is 0 Å². The zero-order valence-electron chi connectivity index (χ0n) is 20.8. The Morgan fingerprint density at radius 1 is 1.06 bits per heavy atom. The summed E-state index contributed by atoms with van der Waals surface area (Å²) in [4.78, 5) is 12.3. The third-order valence-corrected chi connectivity index (χ3v) is 7.24. The maximum atomic E-state index is 15.3. The lowest BCUT2D eigenvalue weighted by Crippen LogP contribution is -2.37. The SMILES string of the molecule is COC(=O)c1ccc(F)c([C@H]2C[C@H](CN[C@H](C)c3cccc4ccccc34)Oc3ccccc32)c1C. The van der Waals surface area contributed by atoms with Crippen molar-refractivity contribution in [3.8, 4) is 5.75 Å². The molecule has 0 aliphatic carbocycles. The first kappa shape index (κ1) is 24.0. The van der Waals surface area contributed by atoms with Crippen LogP contribution in [0.5, 0.6) is 5.75 Å². The average Bonchev–Trinajstić information content (AvgIpc) is 2.91. The molecule has 0 fully saturated rings. The Balaban J connectivity index is 1.43. The molecular weight excluding hydrogens is 453 g/mol. The molecule has 3 atom stereocenters. The van der Waals surface area contributed by atoms with Gasteiger partial charge in [0, 0.05) is 24.1 Å². The predicted molar refractivity (Wildman–Crippen MR) is 140 cm³/mol. The number of ether oxygens (including phenoxy) is 2. The Morgan fingerprint density at radius 3 is 2.64 bits per heavy atom. The summed E-state index contributed by atoms with van der Waals surface area (Å²) in [6.07, 6.45) is 0.428. The number of hydrogen-bond acceptors (Lipinski definition) is 4. The molecule has 0 saturated carbocycles. The zero-order chi connectivity index (χ0) is 25.2. The zero-order valence-corrected chi connectivity index (χ0v) is 20.8. The van der Waals surface area contributed by atoms with Crippen molar-refractivity contribution < 1.29 is 18.7 Å². The van der Waals surface area contributed by atoms with Crippen LogP contribution in [0.3, 0.4) is 0 Å². The smallest absolute Gasteiger partial charge is 0.338 e. The van der Waals surface area contributed by atoms with Crippen molar-refractivity contribution in [2.75, 3.05) is 13.7 Å². The normalized spacial score (nSPS) is 17.8. The van der Waals surface area contributed by atoms with Crippen molar-refractivity contribution >= 4 is 16.7 Å². The highest BCUT2D eigenvalue weighted by molar-refractivity contribution is 5.91. The average molecular weight is 484 g/mol. The van der Waals surface area contributed by atoms with Crippen molar-refractivity contribution in [1.82, 2.24) is 5.32 Å². The Bertz CT molecular complexity index is 1410. The van der Waals surface area contributed by atoms with Gasteiger partial charge in [0.15, 0.2) is 0 Å². The second kappa shape index (κ2) is 10.1. The van der Waals surface area contributed by atoms with Gasteiger partial charge in [-0.25, -0.2) is 9.18 Å². The fraction of sp³-hybridized carbons (Fsp3) is 0.258. The molecule has 4 aromatic rings. The van der Waals surface area contributed by atoms with Gasteiger partial charge in [-0.05, 0) is 65.9 Å². The minimum atomic E-state index is -0.462. The van der Waals surface area contributed by atoms with Crippen LogP contribution >= 0.6 is 0 Å². The van der Waals surface area contributed by atoms with E-state index in [9.17, 15) is 4.79 Å². The number of nitrogens with one attached hydrogen (secondary N) is 1. The molecular formula is C31H30FNO3. The molecule has 0 bridgehead atoms. The summed E-state index contributed by atoms with van der Waals surface area (Å²) in [6, 6.07) is 25.5. The largest absolute Gasteiger partial charge is 0.489 e. The summed E-state index contributed by atoms with van der Waals surface area (Å²) in [6.45, 7) is 4.55. The number of rotatable bonds is 6. The van der Waals surface area contributed by atoms with Crippen LogP contribution in [0.25, 0.3) is 10.8 Å². The Kier molecular flexibility index (Phi) is 6.75. The van der Waals surface area contributed by atoms with E-state index in [-0.39, 0.29) is 23.9 Å². The summed E-state index contributed by atoms with van der Waals surface area (Å²) >= 11 is 0. The van der Waals surface area contributed by atoms with Crippen LogP contribution in [-0.4, -0.2) is 25.7 Å². The van der Waals surface area contributed by atoms with E-state index >= 15 is 4.39 Å². The molecule has 4 aromatic carbocycles. The van der Waals surface area contributed by atoms with Crippen molar-refractivity contribution in [2.45, 2.75) is 38.3 Å². The molecule has 184 valence electrons. The third-order valence-electron chi connectivity index (χ3n) is 7.24. The molecule has 1 N–H and O–H groups in total. The quantitative estimate of drug-likeness (QED) is 0.310. The van der Waals surface area contributed by atoms with Gasteiger partial charge in [0.05, 0.1) is 12.7 Å². The van der Waals surface area contributed by atoms with Crippen LogP contribution < -0.4 is 10.1 Å². The van der Waals surface area contributed by atoms with Crippen molar-refractivity contribution in [3.63, 3.8) is 0 Å². The molecule has 0 unspecified atom stereocenters. The Morgan fingerprint density at radius 2 is 1.81 bits per heavy atom. The van der Waals surface area contributed by atoms with E-state index in [1.807, 2.05) is 30.3 Å². The number of carbonyl (C=O) groups excluding carboxylic acids is 1. The molecule has 1 aliphatic heterocycles. The number of hydrogen-bond donors (Lipinski definition) is 1. The fourth-order valence-electron chi connectivity index (χ4n) is 5.39. The second-order valence-corrected chi connectivity index (χ2v) is 9.39. The van der Waals surface area contributed by atoms with Gasteiger partial charge in [0.25, 0.3) is 0 Å². The van der Waals surface area contributed by atoms with E-state index in [0.717, 1.165) is 11.3 Å². The summed E-state index contributed by atoms with van der Waals surface area (Å²) in [5.41, 5.74) is 3.69. The van der Waals surface area contributed by atoms with Gasteiger partial charge in [-0.1, -0.05) is 60.7 Å². The minimum absolute atomic E-state index is 0.108. The van der Waals surface area contributed by atoms with E-state index in [1.54, 1.807) is 6.92 Å². The summed E-state index contributed by atoms with van der Waals surface area (Å²) < 4.78 is 26.6. The van der Waals surface area contributed by atoms with Crippen LogP contribution in [0.4, 0.5) is 4.39 Å². The van der Waals surface area contributed by atoms with Gasteiger partial charge >= 0.3 is 5.97 Å². The standard InChI is InChI=1S/C31H30FNO3/c1-19-23(31(34)35-3)15-16-28(32)30(19)27-17-22(36-29-14-7-6-12-26(27)29)18-33-20(2)24-13-8-10-21-9-4-5-11-25(21)24/h4-16,20,22,27,33H,17-18H2,1-3H3/t20-,22-,27+/m1/s1. The number of halogens is 1.